The van der Waals surface area contributed by atoms with Gasteiger partial charge in [-0.1, -0.05) is 154 Å². The number of aliphatic carboxylic acids is 1. The van der Waals surface area contributed by atoms with Crippen LogP contribution in [-0.4, -0.2) is 42.5 Å². The molecule has 0 fully saturated rings. The third kappa shape index (κ3) is 63.2. The van der Waals surface area contributed by atoms with Gasteiger partial charge < -0.3 is 14.7 Å². The quantitative estimate of drug-likeness (QED) is 0.0651. The minimum atomic E-state index is -0.922. The largest absolute Gasteiger partial charge is 0.478 e. The molecule has 0 spiro atoms. The minimum absolute atomic E-state index is 0.729. The molecule has 7 heteroatoms. The van der Waals surface area contributed by atoms with Crippen LogP contribution in [0.3, 0.4) is 0 Å². The number of benzene rings is 2. The molecule has 0 atom stereocenters. The molecule has 2 aromatic carbocycles. The molecular weight excluding hydrogens is 713 g/mol. The second-order valence-corrected chi connectivity index (χ2v) is 12.9. The third-order valence-electron chi connectivity index (χ3n) is 6.97. The number of aldehydes is 5. The zero-order chi connectivity index (χ0) is 44.4. The summed E-state index contributed by atoms with van der Waals surface area (Å²) in [4.78, 5) is 58.9. The van der Waals surface area contributed by atoms with Crippen LogP contribution in [0.1, 0.15) is 155 Å². The van der Waals surface area contributed by atoms with Crippen LogP contribution in [0.15, 0.2) is 113 Å². The summed E-state index contributed by atoms with van der Waals surface area (Å²) in [5.74, 6) is -0.922. The van der Waals surface area contributed by atoms with Gasteiger partial charge in [-0.25, -0.2) is 4.79 Å². The summed E-state index contributed by atoms with van der Waals surface area (Å²) in [6.07, 6.45) is 28.5. The van der Waals surface area contributed by atoms with E-state index < -0.39 is 5.97 Å². The van der Waals surface area contributed by atoms with Gasteiger partial charge in [-0.05, 0) is 104 Å². The predicted molar refractivity (Wildman–Crippen MR) is 243 cm³/mol. The Kier molecular flexibility index (Phi) is 57.0. The highest BCUT2D eigenvalue weighted by Crippen LogP contribution is 2.08. The molecule has 2 rings (SSSR count). The molecule has 317 valence electrons. The second kappa shape index (κ2) is 53.1. The van der Waals surface area contributed by atoms with E-state index in [-0.39, 0.29) is 0 Å². The van der Waals surface area contributed by atoms with Gasteiger partial charge in [0.15, 0.2) is 0 Å². The number of rotatable bonds is 19. The topological polar surface area (TPSA) is 123 Å². The van der Waals surface area contributed by atoms with Crippen LogP contribution in [0.25, 0.3) is 6.08 Å². The van der Waals surface area contributed by atoms with Gasteiger partial charge in [0.1, 0.15) is 31.4 Å². The summed E-state index contributed by atoms with van der Waals surface area (Å²) < 4.78 is 0. The minimum Gasteiger partial charge on any atom is -0.478 e. The molecule has 0 aliphatic heterocycles. The van der Waals surface area contributed by atoms with Gasteiger partial charge in [-0.15, -0.1) is 0 Å². The van der Waals surface area contributed by atoms with E-state index in [1.54, 1.807) is 37.3 Å². The van der Waals surface area contributed by atoms with Crippen LogP contribution in [0.5, 0.6) is 0 Å². The van der Waals surface area contributed by atoms with E-state index >= 15 is 0 Å². The van der Waals surface area contributed by atoms with Crippen molar-refractivity contribution in [3.63, 3.8) is 0 Å². The molecule has 2 aromatic rings. The number of carboxylic acid groups (broad SMARTS) is 1. The first-order chi connectivity index (χ1) is 27.4. The van der Waals surface area contributed by atoms with Crippen LogP contribution < -0.4 is 0 Å². The van der Waals surface area contributed by atoms with Gasteiger partial charge in [-0.2, -0.15) is 0 Å². The molecule has 7 nitrogen and oxygen atoms in total. The highest BCUT2D eigenvalue weighted by molar-refractivity contribution is 5.85. The van der Waals surface area contributed by atoms with Crippen LogP contribution in [0, 0.1) is 6.92 Å². The van der Waals surface area contributed by atoms with Crippen molar-refractivity contribution in [2.24, 2.45) is 0 Å². The summed E-state index contributed by atoms with van der Waals surface area (Å²) in [6, 6.07) is 18.4. The van der Waals surface area contributed by atoms with E-state index in [1.165, 1.54) is 56.6 Å². The number of hydrogen-bond acceptors (Lipinski definition) is 6. The number of hydrogen-bond donors (Lipinski definition) is 1. The van der Waals surface area contributed by atoms with Crippen molar-refractivity contribution in [3.05, 3.63) is 131 Å². The highest BCUT2D eigenvalue weighted by Gasteiger charge is 1.90. The first-order valence-electron chi connectivity index (χ1n) is 19.9. The van der Waals surface area contributed by atoms with Crippen LogP contribution in [0.4, 0.5) is 0 Å². The Labute approximate surface area is 347 Å². The van der Waals surface area contributed by atoms with Crippen LogP contribution in [0.2, 0.25) is 0 Å². The fraction of sp³-hybridized carbons (Fsp3) is 0.420. The van der Waals surface area contributed by atoms with E-state index in [4.69, 9.17) is 9.90 Å². The van der Waals surface area contributed by atoms with Gasteiger partial charge in [0.25, 0.3) is 0 Å². The lowest BCUT2D eigenvalue weighted by Crippen LogP contribution is -1.85. The predicted octanol–water partition coefficient (Wildman–Crippen LogP) is 13.4. The summed E-state index contributed by atoms with van der Waals surface area (Å²) in [6.45, 7) is 21.0. The lowest BCUT2D eigenvalue weighted by atomic mass is 10.1. The molecular formula is C50H75O7. The zero-order valence-corrected chi connectivity index (χ0v) is 36.7. The third-order valence-corrected chi connectivity index (χ3v) is 6.97. The van der Waals surface area contributed by atoms with Gasteiger partial charge in [0.05, 0.1) is 0 Å². The second-order valence-electron chi connectivity index (χ2n) is 12.9. The zero-order valence-electron chi connectivity index (χ0n) is 36.7. The Bertz CT molecular complexity index is 1330. The Balaban J connectivity index is -0.000000192. The van der Waals surface area contributed by atoms with Crippen molar-refractivity contribution in [1.82, 2.24) is 0 Å². The van der Waals surface area contributed by atoms with E-state index in [0.29, 0.717) is 0 Å². The number of carboxylic acids is 1. The monoisotopic (exact) mass is 788 g/mol. The van der Waals surface area contributed by atoms with E-state index in [9.17, 15) is 24.0 Å². The molecule has 0 unspecified atom stereocenters. The maximum absolute atomic E-state index is 10.1. The molecule has 0 bridgehead atoms. The Morgan fingerprint density at radius 3 is 1.30 bits per heavy atom. The highest BCUT2D eigenvalue weighted by atomic mass is 16.4. The first kappa shape index (κ1) is 61.2. The van der Waals surface area contributed by atoms with E-state index in [1.807, 2.05) is 62.4 Å². The van der Waals surface area contributed by atoms with E-state index in [0.717, 1.165) is 98.3 Å². The molecule has 0 amide bonds. The normalized spacial score (nSPS) is 9.65. The van der Waals surface area contributed by atoms with Crippen molar-refractivity contribution < 1.29 is 33.9 Å². The van der Waals surface area contributed by atoms with Crippen molar-refractivity contribution >= 4 is 43.5 Å². The van der Waals surface area contributed by atoms with Gasteiger partial charge in [0, 0.05) is 18.1 Å². The Morgan fingerprint density at radius 2 is 0.982 bits per heavy atom. The Hall–Kier alpha value is -5.04. The summed E-state index contributed by atoms with van der Waals surface area (Å²) >= 11 is 0. The molecule has 1 radical (unpaired) electrons. The van der Waals surface area contributed by atoms with Crippen molar-refractivity contribution in [3.8, 4) is 0 Å². The molecule has 0 aliphatic rings. The van der Waals surface area contributed by atoms with Crippen LogP contribution >= 0.6 is 0 Å². The van der Waals surface area contributed by atoms with Crippen molar-refractivity contribution in [2.75, 3.05) is 0 Å². The number of allylic oxidation sites excluding steroid dienone is 8. The molecule has 1 N–H and O–H groups in total. The number of carbonyl (C=O) groups is 6. The molecule has 0 aliphatic carbocycles. The standard InChI is InChI=1S/2C10H16O.C10H20O.C9H8O2.C7H6O.C2H4O.C2H5/c2*1-9(2)5-4-6-10(3)7-8-11;1-2-3-4-5-6-7-8-9-10-11;10-9(11)7-6-8-4-2-1-3-5-8;8-6-7-4-2-1-3-5-7;1-2-3;1-2/h2*5,7-8H,4,6H2,1-3H3;10H,2-9H2,1H3;1-7H,(H,10,11);1-6H;2H,1H3;1H2,2H3/b10-7+;10-7-;;7-6+;;;. The average Bonchev–Trinajstić information content (AvgIpc) is 3.19. The first-order valence-corrected chi connectivity index (χ1v) is 19.9. The number of unbranched alkanes of at least 4 members (excludes halogenated alkanes) is 7. The van der Waals surface area contributed by atoms with Gasteiger partial charge in [0.2, 0.25) is 0 Å². The molecule has 0 saturated carbocycles. The molecule has 0 aromatic heterocycles. The lowest BCUT2D eigenvalue weighted by Gasteiger charge is -1.97. The summed E-state index contributed by atoms with van der Waals surface area (Å²) in [7, 11) is 0. The molecule has 57 heavy (non-hydrogen) atoms. The van der Waals surface area contributed by atoms with Crippen molar-refractivity contribution in [1.29, 1.82) is 0 Å². The van der Waals surface area contributed by atoms with E-state index in [2.05, 4.69) is 53.7 Å². The summed E-state index contributed by atoms with van der Waals surface area (Å²) in [5, 5.41) is 8.29. The SMILES string of the molecule is CC(C)=CCC/C(C)=C/C=O.CC(C)=CCC/C(C)=C\C=O.CC=O.CCCCCCCCCC=O.O=C(O)/C=C/c1ccccc1.O=Cc1ccccc1.[CH2]C. The maximum atomic E-state index is 10.1. The fourth-order valence-electron chi connectivity index (χ4n) is 4.02. The van der Waals surface area contributed by atoms with Crippen molar-refractivity contribution in [2.45, 2.75) is 139 Å². The van der Waals surface area contributed by atoms with Gasteiger partial charge >= 0.3 is 5.97 Å². The summed E-state index contributed by atoms with van der Waals surface area (Å²) in [5.41, 5.74) is 6.60. The Morgan fingerprint density at radius 1 is 0.596 bits per heavy atom. The van der Waals surface area contributed by atoms with Gasteiger partial charge in [-0.3, -0.25) is 14.4 Å². The lowest BCUT2D eigenvalue weighted by molar-refractivity contribution is -0.131. The smallest absolute Gasteiger partial charge is 0.328 e. The molecule has 0 heterocycles. The van der Waals surface area contributed by atoms with Crippen LogP contribution in [-0.2, 0) is 24.0 Å². The number of carbonyl (C=O) groups excluding carboxylic acids is 5. The average molecular weight is 788 g/mol. The maximum Gasteiger partial charge on any atom is 0.328 e. The fourth-order valence-corrected chi connectivity index (χ4v) is 4.02. The molecule has 0 saturated heterocycles.